The van der Waals surface area contributed by atoms with Gasteiger partial charge in [0.05, 0.1) is 6.42 Å². The van der Waals surface area contributed by atoms with Crippen LogP contribution >= 0.6 is 0 Å². The minimum atomic E-state index is -0.330. The van der Waals surface area contributed by atoms with E-state index in [0.29, 0.717) is 11.6 Å². The summed E-state index contributed by atoms with van der Waals surface area (Å²) < 4.78 is 13.1. The third-order valence-corrected chi connectivity index (χ3v) is 6.02. The predicted octanol–water partition coefficient (Wildman–Crippen LogP) is 4.79. The van der Waals surface area contributed by atoms with Crippen molar-refractivity contribution in [3.05, 3.63) is 88.8 Å². The Morgan fingerprint density at radius 3 is 2.44 bits per heavy atom. The Hall–Kier alpha value is -3.12. The minimum absolute atomic E-state index is 0.161. The van der Waals surface area contributed by atoms with Crippen LogP contribution < -0.4 is 5.32 Å². The molecule has 1 saturated heterocycles. The second-order valence-electron chi connectivity index (χ2n) is 8.52. The molecule has 1 unspecified atom stereocenters. The number of nitrogens with zero attached hydrogens (tertiary/aromatic N) is 3. The van der Waals surface area contributed by atoms with Crippen molar-refractivity contribution in [2.75, 3.05) is 18.4 Å². The molecule has 5 nitrogen and oxygen atoms in total. The van der Waals surface area contributed by atoms with E-state index in [0.717, 1.165) is 55.3 Å². The van der Waals surface area contributed by atoms with Crippen molar-refractivity contribution in [3.8, 4) is 0 Å². The van der Waals surface area contributed by atoms with Gasteiger partial charge in [-0.05, 0) is 63.1 Å². The van der Waals surface area contributed by atoms with Crippen LogP contribution in [0.4, 0.5) is 10.1 Å². The van der Waals surface area contributed by atoms with Crippen LogP contribution in [0, 0.1) is 19.7 Å². The topological polar surface area (TPSA) is 58.1 Å². The van der Waals surface area contributed by atoms with E-state index >= 15 is 0 Å². The molecule has 0 saturated carbocycles. The summed E-state index contributed by atoms with van der Waals surface area (Å²) in [4.78, 5) is 24.6. The fourth-order valence-corrected chi connectivity index (χ4v) is 4.35. The number of hydrogen-bond acceptors (Lipinski definition) is 4. The molecular weight excluding hydrogens is 403 g/mol. The normalized spacial score (nSPS) is 16.7. The van der Waals surface area contributed by atoms with Crippen LogP contribution in [-0.4, -0.2) is 33.9 Å². The van der Waals surface area contributed by atoms with Gasteiger partial charge in [-0.25, -0.2) is 14.4 Å². The molecule has 1 amide bonds. The van der Waals surface area contributed by atoms with Crippen molar-refractivity contribution in [3.63, 3.8) is 0 Å². The third-order valence-electron chi connectivity index (χ3n) is 6.02. The van der Waals surface area contributed by atoms with Crippen LogP contribution in [0.15, 0.2) is 54.6 Å². The van der Waals surface area contributed by atoms with E-state index in [1.165, 1.54) is 17.7 Å². The highest BCUT2D eigenvalue weighted by atomic mass is 19.1. The summed E-state index contributed by atoms with van der Waals surface area (Å²) in [5.74, 6) is 0.682. The smallest absolute Gasteiger partial charge is 0.228 e. The number of benzene rings is 2. The first-order valence-electron chi connectivity index (χ1n) is 11.1. The molecule has 32 heavy (non-hydrogen) atoms. The molecule has 1 atom stereocenters. The van der Waals surface area contributed by atoms with Gasteiger partial charge in [0.1, 0.15) is 11.6 Å². The molecule has 0 bridgehead atoms. The summed E-state index contributed by atoms with van der Waals surface area (Å²) in [6.45, 7) is 6.87. The maximum absolute atomic E-state index is 13.1. The Kier molecular flexibility index (Phi) is 6.90. The van der Waals surface area contributed by atoms with Crippen LogP contribution in [0.5, 0.6) is 0 Å². The van der Waals surface area contributed by atoms with Gasteiger partial charge in [-0.15, -0.1) is 0 Å². The van der Waals surface area contributed by atoms with E-state index in [1.807, 2.05) is 19.9 Å². The predicted molar refractivity (Wildman–Crippen MR) is 124 cm³/mol. The van der Waals surface area contributed by atoms with Gasteiger partial charge in [-0.1, -0.05) is 30.3 Å². The SMILES string of the molecule is Cc1nc(C2CCCN(Cc3ccccc3)C2)nc(C)c1CC(=O)Nc1ccc(F)cc1. The highest BCUT2D eigenvalue weighted by Crippen LogP contribution is 2.27. The van der Waals surface area contributed by atoms with E-state index in [9.17, 15) is 9.18 Å². The van der Waals surface area contributed by atoms with Gasteiger partial charge in [-0.2, -0.15) is 0 Å². The zero-order valence-corrected chi connectivity index (χ0v) is 18.6. The zero-order valence-electron chi connectivity index (χ0n) is 18.6. The third kappa shape index (κ3) is 5.56. The summed E-state index contributed by atoms with van der Waals surface area (Å²) in [6, 6.07) is 16.3. The Labute approximate surface area is 188 Å². The van der Waals surface area contributed by atoms with Gasteiger partial charge in [0, 0.05) is 41.6 Å². The molecule has 4 rings (SSSR count). The van der Waals surface area contributed by atoms with E-state index in [-0.39, 0.29) is 18.1 Å². The maximum Gasteiger partial charge on any atom is 0.228 e. The van der Waals surface area contributed by atoms with Crippen molar-refractivity contribution in [1.29, 1.82) is 0 Å². The lowest BCUT2D eigenvalue weighted by atomic mass is 9.96. The molecule has 1 aliphatic heterocycles. The van der Waals surface area contributed by atoms with Gasteiger partial charge < -0.3 is 5.32 Å². The number of likely N-dealkylation sites (tertiary alicyclic amines) is 1. The number of halogens is 1. The van der Waals surface area contributed by atoms with Gasteiger partial charge in [-0.3, -0.25) is 9.69 Å². The van der Waals surface area contributed by atoms with E-state index < -0.39 is 0 Å². The largest absolute Gasteiger partial charge is 0.326 e. The average Bonchev–Trinajstić information content (AvgIpc) is 2.78. The lowest BCUT2D eigenvalue weighted by Crippen LogP contribution is -2.34. The van der Waals surface area contributed by atoms with Gasteiger partial charge in [0.25, 0.3) is 0 Å². The number of nitrogens with one attached hydrogen (secondary N) is 1. The Balaban J connectivity index is 1.42. The van der Waals surface area contributed by atoms with Gasteiger partial charge in [0.15, 0.2) is 0 Å². The number of amides is 1. The summed E-state index contributed by atoms with van der Waals surface area (Å²) in [6.07, 6.45) is 2.40. The maximum atomic E-state index is 13.1. The Bertz CT molecular complexity index is 1050. The summed E-state index contributed by atoms with van der Waals surface area (Å²) >= 11 is 0. The molecule has 0 radical (unpaired) electrons. The first kappa shape index (κ1) is 22.1. The molecule has 6 heteroatoms. The molecule has 1 aromatic heterocycles. The number of hydrogen-bond donors (Lipinski definition) is 1. The lowest BCUT2D eigenvalue weighted by molar-refractivity contribution is -0.115. The van der Waals surface area contributed by atoms with Crippen molar-refractivity contribution in [2.45, 2.75) is 45.6 Å². The van der Waals surface area contributed by atoms with Crippen LogP contribution in [0.1, 0.15) is 47.1 Å². The highest BCUT2D eigenvalue weighted by Gasteiger charge is 2.25. The second-order valence-corrected chi connectivity index (χ2v) is 8.52. The van der Waals surface area contributed by atoms with Crippen molar-refractivity contribution >= 4 is 11.6 Å². The van der Waals surface area contributed by atoms with Gasteiger partial charge >= 0.3 is 0 Å². The molecule has 1 fully saturated rings. The molecule has 2 heterocycles. The summed E-state index contributed by atoms with van der Waals surface area (Å²) in [5.41, 5.74) is 4.45. The molecule has 2 aromatic carbocycles. The molecule has 3 aromatic rings. The number of piperidine rings is 1. The number of rotatable bonds is 6. The zero-order chi connectivity index (χ0) is 22.5. The fourth-order valence-electron chi connectivity index (χ4n) is 4.35. The number of aromatic nitrogens is 2. The number of carbonyl (C=O) groups excluding carboxylic acids is 1. The van der Waals surface area contributed by atoms with E-state index in [2.05, 4.69) is 34.5 Å². The van der Waals surface area contributed by atoms with Crippen LogP contribution in [0.2, 0.25) is 0 Å². The molecule has 1 aliphatic rings. The highest BCUT2D eigenvalue weighted by molar-refractivity contribution is 5.92. The first-order chi connectivity index (χ1) is 15.5. The van der Waals surface area contributed by atoms with Crippen molar-refractivity contribution in [1.82, 2.24) is 14.9 Å². The molecular formula is C26H29FN4O. The second kappa shape index (κ2) is 10.0. The van der Waals surface area contributed by atoms with Gasteiger partial charge in [0.2, 0.25) is 5.91 Å². The van der Waals surface area contributed by atoms with Crippen LogP contribution in [-0.2, 0) is 17.8 Å². The van der Waals surface area contributed by atoms with E-state index in [4.69, 9.17) is 9.97 Å². The number of aryl methyl sites for hydroxylation is 2. The fraction of sp³-hybridized carbons (Fsp3) is 0.346. The van der Waals surface area contributed by atoms with Crippen molar-refractivity contribution < 1.29 is 9.18 Å². The average molecular weight is 433 g/mol. The molecule has 0 aliphatic carbocycles. The molecule has 1 N–H and O–H groups in total. The summed E-state index contributed by atoms with van der Waals surface area (Å²) in [5, 5.41) is 2.81. The monoisotopic (exact) mass is 432 g/mol. The van der Waals surface area contributed by atoms with Crippen LogP contribution in [0.3, 0.4) is 0 Å². The Morgan fingerprint density at radius 2 is 1.75 bits per heavy atom. The van der Waals surface area contributed by atoms with E-state index in [1.54, 1.807) is 12.1 Å². The standard InChI is InChI=1S/C26H29FN4O/c1-18-24(15-25(32)30-23-12-10-22(27)11-13-23)19(2)29-26(28-18)21-9-6-14-31(17-21)16-20-7-4-3-5-8-20/h3-5,7-8,10-13,21H,6,9,14-17H2,1-2H3,(H,30,32). The molecule has 0 spiro atoms. The summed E-state index contributed by atoms with van der Waals surface area (Å²) in [7, 11) is 0. The number of anilines is 1. The quantitative estimate of drug-likeness (QED) is 0.608. The molecule has 166 valence electrons. The Morgan fingerprint density at radius 1 is 1.06 bits per heavy atom. The lowest BCUT2D eigenvalue weighted by Gasteiger charge is -2.32. The van der Waals surface area contributed by atoms with Crippen LogP contribution in [0.25, 0.3) is 0 Å². The minimum Gasteiger partial charge on any atom is -0.326 e. The van der Waals surface area contributed by atoms with Crippen molar-refractivity contribution in [2.24, 2.45) is 0 Å². The number of carbonyl (C=O) groups is 1. The first-order valence-corrected chi connectivity index (χ1v) is 11.1.